The maximum absolute atomic E-state index is 11.9. The number of hydrogen-bond acceptors (Lipinski definition) is 2. The van der Waals surface area contributed by atoms with Crippen LogP contribution in [0.4, 0.5) is 0 Å². The topological polar surface area (TPSA) is 38.3 Å². The van der Waals surface area contributed by atoms with Crippen molar-refractivity contribution in [2.45, 2.75) is 46.1 Å². The molecule has 1 aromatic rings. The molecular formula is C15H23NO2. The Hall–Kier alpha value is -1.51. The van der Waals surface area contributed by atoms with Gasteiger partial charge in [-0.05, 0) is 44.4 Å². The number of carbonyl (C=O) groups is 1. The molecule has 0 aliphatic heterocycles. The molecule has 0 aliphatic rings. The highest BCUT2D eigenvalue weighted by Gasteiger charge is 2.17. The number of nitrogens with one attached hydrogen (secondary N) is 1. The fraction of sp³-hybridized carbons (Fsp3) is 0.533. The van der Waals surface area contributed by atoms with Gasteiger partial charge in [-0.25, -0.2) is 0 Å². The molecule has 18 heavy (non-hydrogen) atoms. The predicted molar refractivity (Wildman–Crippen MR) is 73.9 cm³/mol. The standard InChI is InChI=1S/C15H23NO2/c1-6-15(3,4)16-14(17)10-12-7-8-13(18-5)11(2)9-12/h7-9H,6,10H2,1-5H3,(H,16,17). The van der Waals surface area contributed by atoms with Gasteiger partial charge in [0.05, 0.1) is 13.5 Å². The van der Waals surface area contributed by atoms with Gasteiger partial charge in [0.1, 0.15) is 5.75 Å². The summed E-state index contributed by atoms with van der Waals surface area (Å²) in [6.45, 7) is 8.11. The van der Waals surface area contributed by atoms with Crippen molar-refractivity contribution in [1.29, 1.82) is 0 Å². The van der Waals surface area contributed by atoms with Crippen LogP contribution in [0.5, 0.6) is 5.75 Å². The monoisotopic (exact) mass is 249 g/mol. The molecule has 0 saturated heterocycles. The van der Waals surface area contributed by atoms with Crippen molar-refractivity contribution in [3.8, 4) is 5.75 Å². The van der Waals surface area contributed by atoms with E-state index in [2.05, 4.69) is 12.2 Å². The second-order valence-electron chi connectivity index (χ2n) is 5.27. The Morgan fingerprint density at radius 3 is 2.56 bits per heavy atom. The highest BCUT2D eigenvalue weighted by atomic mass is 16.5. The molecule has 0 spiro atoms. The molecular weight excluding hydrogens is 226 g/mol. The molecule has 0 atom stereocenters. The average molecular weight is 249 g/mol. The first-order valence-corrected chi connectivity index (χ1v) is 6.32. The molecule has 1 rings (SSSR count). The first-order chi connectivity index (χ1) is 8.38. The van der Waals surface area contributed by atoms with Crippen molar-refractivity contribution in [2.75, 3.05) is 7.11 Å². The van der Waals surface area contributed by atoms with Gasteiger partial charge in [0.25, 0.3) is 0 Å². The molecule has 0 heterocycles. The van der Waals surface area contributed by atoms with Crippen molar-refractivity contribution in [1.82, 2.24) is 5.32 Å². The van der Waals surface area contributed by atoms with E-state index in [0.717, 1.165) is 23.3 Å². The number of aryl methyl sites for hydroxylation is 1. The summed E-state index contributed by atoms with van der Waals surface area (Å²) in [4.78, 5) is 11.9. The van der Waals surface area contributed by atoms with Crippen LogP contribution in [-0.4, -0.2) is 18.6 Å². The van der Waals surface area contributed by atoms with Gasteiger partial charge < -0.3 is 10.1 Å². The Morgan fingerprint density at radius 1 is 1.39 bits per heavy atom. The van der Waals surface area contributed by atoms with Crippen LogP contribution in [0.15, 0.2) is 18.2 Å². The number of benzene rings is 1. The average Bonchev–Trinajstić information content (AvgIpc) is 2.28. The zero-order valence-electron chi connectivity index (χ0n) is 12.0. The molecule has 1 aromatic carbocycles. The van der Waals surface area contributed by atoms with Crippen LogP contribution in [0.3, 0.4) is 0 Å². The largest absolute Gasteiger partial charge is 0.496 e. The molecule has 0 unspecified atom stereocenters. The highest BCUT2D eigenvalue weighted by Crippen LogP contribution is 2.19. The van der Waals surface area contributed by atoms with Crippen LogP contribution in [0.2, 0.25) is 0 Å². The van der Waals surface area contributed by atoms with Gasteiger partial charge in [-0.3, -0.25) is 4.79 Å². The van der Waals surface area contributed by atoms with Gasteiger partial charge in [0, 0.05) is 5.54 Å². The van der Waals surface area contributed by atoms with E-state index in [9.17, 15) is 4.79 Å². The maximum atomic E-state index is 11.9. The van der Waals surface area contributed by atoms with Gasteiger partial charge >= 0.3 is 0 Å². The number of ether oxygens (including phenoxy) is 1. The van der Waals surface area contributed by atoms with Gasteiger partial charge in [-0.1, -0.05) is 19.1 Å². The normalized spacial score (nSPS) is 11.2. The fourth-order valence-electron chi connectivity index (χ4n) is 1.75. The molecule has 0 aliphatic carbocycles. The lowest BCUT2D eigenvalue weighted by Crippen LogP contribution is -2.43. The maximum Gasteiger partial charge on any atom is 0.224 e. The molecule has 1 amide bonds. The Labute approximate surface area is 110 Å². The minimum Gasteiger partial charge on any atom is -0.496 e. The molecule has 0 aromatic heterocycles. The van der Waals surface area contributed by atoms with Crippen molar-refractivity contribution >= 4 is 5.91 Å². The second kappa shape index (κ2) is 5.89. The molecule has 1 N–H and O–H groups in total. The summed E-state index contributed by atoms with van der Waals surface area (Å²) in [5, 5.41) is 3.03. The summed E-state index contributed by atoms with van der Waals surface area (Å²) < 4.78 is 5.20. The molecule has 0 fully saturated rings. The zero-order valence-corrected chi connectivity index (χ0v) is 12.0. The lowest BCUT2D eigenvalue weighted by molar-refractivity contribution is -0.122. The minimum absolute atomic E-state index is 0.0615. The Bertz CT molecular complexity index is 425. The van der Waals surface area contributed by atoms with Crippen LogP contribution in [0.25, 0.3) is 0 Å². The van der Waals surface area contributed by atoms with E-state index in [1.165, 1.54) is 0 Å². The first kappa shape index (κ1) is 14.6. The lowest BCUT2D eigenvalue weighted by atomic mass is 10.0. The van der Waals surface area contributed by atoms with Gasteiger partial charge in [-0.2, -0.15) is 0 Å². The number of amides is 1. The summed E-state index contributed by atoms with van der Waals surface area (Å²) in [7, 11) is 1.65. The third-order valence-electron chi connectivity index (χ3n) is 3.19. The van der Waals surface area contributed by atoms with Crippen LogP contribution in [-0.2, 0) is 11.2 Å². The second-order valence-corrected chi connectivity index (χ2v) is 5.27. The third kappa shape index (κ3) is 4.06. The Morgan fingerprint density at radius 2 is 2.06 bits per heavy atom. The fourth-order valence-corrected chi connectivity index (χ4v) is 1.75. The number of rotatable bonds is 5. The summed E-state index contributed by atoms with van der Waals surface area (Å²) in [6, 6.07) is 5.84. The predicted octanol–water partition coefficient (Wildman–Crippen LogP) is 2.85. The summed E-state index contributed by atoms with van der Waals surface area (Å²) in [5.74, 6) is 0.916. The van der Waals surface area contributed by atoms with Crippen LogP contribution in [0.1, 0.15) is 38.3 Å². The molecule has 0 radical (unpaired) electrons. The minimum atomic E-state index is -0.140. The highest BCUT2D eigenvalue weighted by molar-refractivity contribution is 5.79. The van der Waals surface area contributed by atoms with E-state index < -0.39 is 0 Å². The van der Waals surface area contributed by atoms with Crippen LogP contribution < -0.4 is 10.1 Å². The number of carbonyl (C=O) groups excluding carboxylic acids is 1. The van der Waals surface area contributed by atoms with E-state index >= 15 is 0 Å². The number of hydrogen-bond donors (Lipinski definition) is 1. The Balaban J connectivity index is 2.68. The van der Waals surface area contributed by atoms with E-state index in [0.29, 0.717) is 6.42 Å². The van der Waals surface area contributed by atoms with Crippen LogP contribution in [0, 0.1) is 6.92 Å². The lowest BCUT2D eigenvalue weighted by Gasteiger charge is -2.24. The van der Waals surface area contributed by atoms with Gasteiger partial charge in [0.2, 0.25) is 5.91 Å². The third-order valence-corrected chi connectivity index (χ3v) is 3.19. The first-order valence-electron chi connectivity index (χ1n) is 6.32. The zero-order chi connectivity index (χ0) is 13.8. The summed E-state index contributed by atoms with van der Waals surface area (Å²) in [6.07, 6.45) is 1.33. The molecule has 0 saturated carbocycles. The van der Waals surface area contributed by atoms with Crippen molar-refractivity contribution in [3.05, 3.63) is 29.3 Å². The van der Waals surface area contributed by atoms with E-state index in [-0.39, 0.29) is 11.4 Å². The summed E-state index contributed by atoms with van der Waals surface area (Å²) >= 11 is 0. The smallest absolute Gasteiger partial charge is 0.224 e. The van der Waals surface area contributed by atoms with E-state index in [1.54, 1.807) is 7.11 Å². The SMILES string of the molecule is CCC(C)(C)NC(=O)Cc1ccc(OC)c(C)c1. The van der Waals surface area contributed by atoms with Crippen LogP contribution >= 0.6 is 0 Å². The van der Waals surface area contributed by atoms with E-state index in [1.807, 2.05) is 39.0 Å². The molecule has 3 heteroatoms. The van der Waals surface area contributed by atoms with E-state index in [4.69, 9.17) is 4.74 Å². The van der Waals surface area contributed by atoms with Gasteiger partial charge in [-0.15, -0.1) is 0 Å². The quantitative estimate of drug-likeness (QED) is 0.871. The summed E-state index contributed by atoms with van der Waals surface area (Å²) in [5.41, 5.74) is 1.92. The van der Waals surface area contributed by atoms with Crippen molar-refractivity contribution < 1.29 is 9.53 Å². The van der Waals surface area contributed by atoms with Crippen molar-refractivity contribution in [2.24, 2.45) is 0 Å². The Kier molecular flexibility index (Phi) is 4.76. The van der Waals surface area contributed by atoms with Gasteiger partial charge in [0.15, 0.2) is 0 Å². The van der Waals surface area contributed by atoms with Crippen molar-refractivity contribution in [3.63, 3.8) is 0 Å². The number of methoxy groups -OCH3 is 1. The molecule has 0 bridgehead atoms. The molecule has 100 valence electrons. The molecule has 3 nitrogen and oxygen atoms in total.